The quantitative estimate of drug-likeness (QED) is 0.674. The fourth-order valence-electron chi connectivity index (χ4n) is 1.53. The predicted octanol–water partition coefficient (Wildman–Crippen LogP) is 0.842. The zero-order valence-corrected chi connectivity index (χ0v) is 9.14. The molecule has 0 saturated carbocycles. The highest BCUT2D eigenvalue weighted by molar-refractivity contribution is 5.52. The van der Waals surface area contributed by atoms with Crippen molar-refractivity contribution in [2.24, 2.45) is 5.73 Å². The molecule has 2 rings (SSSR count). The van der Waals surface area contributed by atoms with E-state index in [-0.39, 0.29) is 0 Å². The molecule has 0 aromatic heterocycles. The molecule has 2 nitrogen and oxygen atoms in total. The van der Waals surface area contributed by atoms with Crippen molar-refractivity contribution in [2.45, 2.75) is 13.0 Å². The summed E-state index contributed by atoms with van der Waals surface area (Å²) in [7, 11) is 0. The first-order chi connectivity index (χ1) is 7.90. The number of rotatable bonds is 1. The predicted molar refractivity (Wildman–Crippen MR) is 65.6 cm³/mol. The van der Waals surface area contributed by atoms with Gasteiger partial charge in [-0.1, -0.05) is 29.7 Å². The topological polar surface area (TPSA) is 38.0 Å². The van der Waals surface area contributed by atoms with E-state index >= 15 is 0 Å². The highest BCUT2D eigenvalue weighted by Gasteiger charge is 1.99. The van der Waals surface area contributed by atoms with Crippen LogP contribution < -0.4 is 11.1 Å². The van der Waals surface area contributed by atoms with E-state index in [2.05, 4.69) is 29.0 Å². The zero-order valence-electron chi connectivity index (χ0n) is 9.14. The summed E-state index contributed by atoms with van der Waals surface area (Å²) in [6.07, 6.45) is 0.861. The molecule has 0 amide bonds. The lowest BCUT2D eigenvalue weighted by molar-refractivity contribution is 0.774. The third-order valence-electron chi connectivity index (χ3n) is 2.41. The Balaban J connectivity index is 2.43. The van der Waals surface area contributed by atoms with Crippen molar-refractivity contribution in [3.8, 4) is 23.7 Å². The summed E-state index contributed by atoms with van der Waals surface area (Å²) < 4.78 is 0. The van der Waals surface area contributed by atoms with Crippen LogP contribution in [0.3, 0.4) is 0 Å². The molecule has 1 aromatic rings. The van der Waals surface area contributed by atoms with E-state index in [1.165, 1.54) is 0 Å². The van der Waals surface area contributed by atoms with Gasteiger partial charge in [-0.15, -0.1) is 0 Å². The molecule has 0 atom stereocenters. The molecule has 80 valence electrons. The Morgan fingerprint density at radius 3 is 2.94 bits per heavy atom. The maximum absolute atomic E-state index is 5.61. The minimum atomic E-state index is 0.542. The Hall–Kier alpha value is -1.74. The molecule has 1 aromatic carbocycles. The van der Waals surface area contributed by atoms with E-state index in [0.717, 1.165) is 29.7 Å². The van der Waals surface area contributed by atoms with Crippen LogP contribution in [-0.2, 0) is 6.54 Å². The van der Waals surface area contributed by atoms with Crippen LogP contribution in [-0.4, -0.2) is 13.1 Å². The van der Waals surface area contributed by atoms with E-state index < -0.39 is 0 Å². The lowest BCUT2D eigenvalue weighted by Crippen LogP contribution is -2.15. The van der Waals surface area contributed by atoms with Gasteiger partial charge in [-0.2, -0.15) is 0 Å². The number of nitrogens with two attached hydrogens (primary N) is 1. The summed E-state index contributed by atoms with van der Waals surface area (Å²) in [4.78, 5) is 0. The van der Waals surface area contributed by atoms with Gasteiger partial charge in [0.25, 0.3) is 0 Å². The van der Waals surface area contributed by atoms with Gasteiger partial charge in [-0.25, -0.2) is 0 Å². The Kier molecular flexibility index (Phi) is 3.62. The summed E-state index contributed by atoms with van der Waals surface area (Å²) >= 11 is 0. The van der Waals surface area contributed by atoms with E-state index in [4.69, 9.17) is 5.73 Å². The molecule has 0 aliphatic carbocycles. The van der Waals surface area contributed by atoms with Crippen LogP contribution in [0.25, 0.3) is 0 Å². The first-order valence-electron chi connectivity index (χ1n) is 5.41. The van der Waals surface area contributed by atoms with Gasteiger partial charge in [0.1, 0.15) is 0 Å². The van der Waals surface area contributed by atoms with Crippen LogP contribution in [0, 0.1) is 23.7 Å². The molecule has 0 spiro atoms. The van der Waals surface area contributed by atoms with Gasteiger partial charge >= 0.3 is 0 Å². The van der Waals surface area contributed by atoms with Crippen molar-refractivity contribution >= 4 is 0 Å². The van der Waals surface area contributed by atoms with Crippen LogP contribution in [0.4, 0.5) is 0 Å². The highest BCUT2D eigenvalue weighted by Crippen LogP contribution is 2.10. The Morgan fingerprint density at radius 1 is 1.19 bits per heavy atom. The second-order valence-electron chi connectivity index (χ2n) is 3.61. The van der Waals surface area contributed by atoms with E-state index in [1.807, 2.05) is 18.2 Å². The van der Waals surface area contributed by atoms with Crippen LogP contribution in [0.2, 0.25) is 0 Å². The Bertz CT molecular complexity index is 495. The first-order valence-corrected chi connectivity index (χ1v) is 5.41. The van der Waals surface area contributed by atoms with Crippen LogP contribution in [0.15, 0.2) is 18.2 Å². The molecule has 1 aliphatic rings. The number of fused-ring (bicyclic) bond motifs is 1. The molecule has 0 bridgehead atoms. The van der Waals surface area contributed by atoms with Crippen molar-refractivity contribution in [3.63, 3.8) is 0 Å². The molecule has 1 heterocycles. The summed E-state index contributed by atoms with van der Waals surface area (Å²) in [5, 5.41) is 3.21. The van der Waals surface area contributed by atoms with Crippen molar-refractivity contribution in [3.05, 3.63) is 34.9 Å². The lowest BCUT2D eigenvalue weighted by atomic mass is 10.0. The van der Waals surface area contributed by atoms with Gasteiger partial charge in [0, 0.05) is 30.6 Å². The van der Waals surface area contributed by atoms with Crippen molar-refractivity contribution in [2.75, 3.05) is 13.1 Å². The van der Waals surface area contributed by atoms with Gasteiger partial charge in [0.05, 0.1) is 6.54 Å². The second-order valence-corrected chi connectivity index (χ2v) is 3.61. The summed E-state index contributed by atoms with van der Waals surface area (Å²) in [6, 6.07) is 6.05. The zero-order chi connectivity index (χ0) is 11.2. The van der Waals surface area contributed by atoms with E-state index in [0.29, 0.717) is 13.1 Å². The Labute approximate surface area is 96.2 Å². The van der Waals surface area contributed by atoms with Gasteiger partial charge in [-0.3, -0.25) is 0 Å². The third-order valence-corrected chi connectivity index (χ3v) is 2.41. The fraction of sp³-hybridized carbons (Fsp3) is 0.286. The standard InChI is InChI=1S/C14H14N2/c15-11-12-6-7-13-4-1-2-8-16-9-3-5-14(13)10-12/h6-7,10,16H,2,8-9,11,15H2. The molecule has 16 heavy (non-hydrogen) atoms. The van der Waals surface area contributed by atoms with Gasteiger partial charge < -0.3 is 11.1 Å². The third kappa shape index (κ3) is 2.64. The molecule has 1 aliphatic heterocycles. The lowest BCUT2D eigenvalue weighted by Gasteiger charge is -2.02. The monoisotopic (exact) mass is 210 g/mol. The van der Waals surface area contributed by atoms with Crippen molar-refractivity contribution < 1.29 is 0 Å². The largest absolute Gasteiger partial charge is 0.326 e. The van der Waals surface area contributed by atoms with E-state index in [1.54, 1.807) is 0 Å². The number of hydrogen-bond acceptors (Lipinski definition) is 2. The van der Waals surface area contributed by atoms with Crippen molar-refractivity contribution in [1.82, 2.24) is 5.32 Å². The molecule has 0 fully saturated rings. The molecule has 3 N–H and O–H groups in total. The SMILES string of the molecule is NCc1ccc2c(c1)C#CCNCCC#C2. The highest BCUT2D eigenvalue weighted by atomic mass is 14.8. The summed E-state index contributed by atoms with van der Waals surface area (Å²) in [5.74, 6) is 12.5. The average molecular weight is 210 g/mol. The smallest absolute Gasteiger partial charge is 0.0580 e. The van der Waals surface area contributed by atoms with Gasteiger partial charge in [-0.05, 0) is 17.7 Å². The maximum Gasteiger partial charge on any atom is 0.0580 e. The van der Waals surface area contributed by atoms with Crippen LogP contribution in [0.5, 0.6) is 0 Å². The minimum Gasteiger partial charge on any atom is -0.326 e. The number of hydrogen-bond donors (Lipinski definition) is 2. The minimum absolute atomic E-state index is 0.542. The maximum atomic E-state index is 5.61. The average Bonchev–Trinajstić information content (AvgIpc) is 2.34. The molecule has 0 radical (unpaired) electrons. The van der Waals surface area contributed by atoms with Gasteiger partial charge in [0.15, 0.2) is 0 Å². The van der Waals surface area contributed by atoms with Crippen molar-refractivity contribution in [1.29, 1.82) is 0 Å². The normalized spacial score (nSPS) is 13.8. The molecular weight excluding hydrogens is 196 g/mol. The number of nitrogens with one attached hydrogen (secondary N) is 1. The molecular formula is C14H14N2. The molecule has 0 unspecified atom stereocenters. The van der Waals surface area contributed by atoms with Crippen LogP contribution >= 0.6 is 0 Å². The Morgan fingerprint density at radius 2 is 2.06 bits per heavy atom. The summed E-state index contributed by atoms with van der Waals surface area (Å²) in [5.41, 5.74) is 8.70. The molecule has 2 heteroatoms. The molecule has 0 saturated heterocycles. The number of benzene rings is 1. The fourth-order valence-corrected chi connectivity index (χ4v) is 1.53. The summed E-state index contributed by atoms with van der Waals surface area (Å²) in [6.45, 7) is 2.16. The first kappa shape index (κ1) is 10.8. The van der Waals surface area contributed by atoms with E-state index in [9.17, 15) is 0 Å². The second kappa shape index (κ2) is 5.37. The van der Waals surface area contributed by atoms with Gasteiger partial charge in [0.2, 0.25) is 0 Å². The van der Waals surface area contributed by atoms with Crippen LogP contribution in [0.1, 0.15) is 23.1 Å².